The van der Waals surface area contributed by atoms with Gasteiger partial charge < -0.3 is 19.1 Å². The maximum atomic E-state index is 13.0. The Morgan fingerprint density at radius 1 is 0.849 bits per heavy atom. The highest BCUT2D eigenvalue weighted by Gasteiger charge is 2.20. The molecule has 0 atom stereocenters. The highest BCUT2D eigenvalue weighted by atomic mass is 35.5. The minimum atomic E-state index is -0.427. The number of pyridine rings is 1. The van der Waals surface area contributed by atoms with E-state index in [0.717, 1.165) is 48.3 Å². The van der Waals surface area contributed by atoms with Crippen LogP contribution in [-0.4, -0.2) is 58.4 Å². The third-order valence-electron chi connectivity index (χ3n) is 8.93. The predicted molar refractivity (Wildman–Crippen MR) is 206 cm³/mol. The highest BCUT2D eigenvalue weighted by molar-refractivity contribution is 6.32. The first kappa shape index (κ1) is 37.1. The summed E-state index contributed by atoms with van der Waals surface area (Å²) in [6.07, 6.45) is 5.74. The molecule has 1 fully saturated rings. The van der Waals surface area contributed by atoms with Crippen molar-refractivity contribution in [3.05, 3.63) is 158 Å². The number of nitro benzene ring substituents is 1. The molecule has 1 aliphatic rings. The number of amides is 1. The van der Waals surface area contributed by atoms with Gasteiger partial charge in [0.15, 0.2) is 5.75 Å². The Balaban J connectivity index is 0.923. The fourth-order valence-electron chi connectivity index (χ4n) is 5.87. The zero-order valence-corrected chi connectivity index (χ0v) is 30.5. The number of aromatic nitrogens is 1. The lowest BCUT2D eigenvalue weighted by molar-refractivity contribution is -0.384. The van der Waals surface area contributed by atoms with Crippen molar-refractivity contribution < 1.29 is 23.9 Å². The number of non-ortho nitro benzene ring substituents is 1. The molecule has 0 radical (unpaired) electrons. The van der Waals surface area contributed by atoms with Crippen molar-refractivity contribution in [2.45, 2.75) is 33.4 Å². The Bertz CT molecular complexity index is 2000. The van der Waals surface area contributed by atoms with Crippen LogP contribution < -0.4 is 14.2 Å². The summed E-state index contributed by atoms with van der Waals surface area (Å²) in [5.74, 6) is 2.12. The molecular formula is C42H41ClN4O6. The summed E-state index contributed by atoms with van der Waals surface area (Å²) in [7, 11) is 0. The van der Waals surface area contributed by atoms with Gasteiger partial charge in [-0.2, -0.15) is 0 Å². The lowest BCUT2D eigenvalue weighted by Crippen LogP contribution is -2.47. The Labute approximate surface area is 314 Å². The van der Waals surface area contributed by atoms with E-state index in [-0.39, 0.29) is 11.6 Å². The normalized spacial score (nSPS) is 13.2. The Kier molecular flexibility index (Phi) is 12.4. The molecule has 0 unspecified atom stereocenters. The lowest BCUT2D eigenvalue weighted by Gasteiger charge is -2.34. The summed E-state index contributed by atoms with van der Waals surface area (Å²) in [5.41, 5.74) is 6.32. The van der Waals surface area contributed by atoms with Gasteiger partial charge in [-0.3, -0.25) is 19.8 Å². The number of aryl methyl sites for hydroxylation is 2. The summed E-state index contributed by atoms with van der Waals surface area (Å²) in [4.78, 5) is 32.0. The average molecular weight is 733 g/mol. The third kappa shape index (κ3) is 10.7. The van der Waals surface area contributed by atoms with Crippen molar-refractivity contribution in [1.29, 1.82) is 0 Å². The second-order valence-electron chi connectivity index (χ2n) is 13.0. The zero-order chi connectivity index (χ0) is 37.2. The van der Waals surface area contributed by atoms with Crippen LogP contribution in [-0.2, 0) is 24.4 Å². The monoisotopic (exact) mass is 732 g/mol. The number of carbonyl (C=O) groups excluding carboxylic acids is 1. The second kappa shape index (κ2) is 17.7. The number of benzene rings is 4. The number of rotatable bonds is 14. The standard InChI is InChI=1S/C42H41ClN4O6/c1-30-3-5-34(6-4-30)29-52-38-16-17-40(44-27-38)53-42-31(2)25-35(26-39(42)43)11-18-41(48)46-22-20-45(21-23-46)28-33-9-7-32(8-10-33)19-24-51-37-14-12-36(13-15-37)47(49)50/h3-18,25-27H,19-24,28-29H2,1-2H3. The van der Waals surface area contributed by atoms with Crippen molar-refractivity contribution in [1.82, 2.24) is 14.8 Å². The summed E-state index contributed by atoms with van der Waals surface area (Å²) in [5, 5.41) is 11.2. The van der Waals surface area contributed by atoms with Crippen molar-refractivity contribution in [2.24, 2.45) is 0 Å². The minimum absolute atomic E-state index is 0.0343. The van der Waals surface area contributed by atoms with Gasteiger partial charge in [0.2, 0.25) is 11.8 Å². The largest absolute Gasteiger partial charge is 0.493 e. The molecule has 0 aliphatic carbocycles. The maximum absolute atomic E-state index is 13.0. The quantitative estimate of drug-likeness (QED) is 0.0635. The van der Waals surface area contributed by atoms with Gasteiger partial charge in [-0.15, -0.1) is 0 Å². The third-order valence-corrected chi connectivity index (χ3v) is 9.21. The van der Waals surface area contributed by atoms with E-state index >= 15 is 0 Å². The number of hydrogen-bond acceptors (Lipinski definition) is 8. The molecule has 272 valence electrons. The van der Waals surface area contributed by atoms with Gasteiger partial charge in [0.1, 0.15) is 18.1 Å². The van der Waals surface area contributed by atoms with E-state index in [4.69, 9.17) is 25.8 Å². The molecule has 0 bridgehead atoms. The molecular weight excluding hydrogens is 692 g/mol. The molecule has 1 saturated heterocycles. The number of hydrogen-bond donors (Lipinski definition) is 0. The van der Waals surface area contributed by atoms with E-state index in [2.05, 4.69) is 53.2 Å². The van der Waals surface area contributed by atoms with Crippen molar-refractivity contribution in [3.8, 4) is 23.1 Å². The molecule has 1 aromatic heterocycles. The molecule has 0 N–H and O–H groups in total. The van der Waals surface area contributed by atoms with Crippen LogP contribution in [0.5, 0.6) is 23.1 Å². The van der Waals surface area contributed by atoms with Crippen LogP contribution in [0.3, 0.4) is 0 Å². The molecule has 0 saturated carbocycles. The van der Waals surface area contributed by atoms with Crippen LogP contribution in [0.4, 0.5) is 5.69 Å². The second-order valence-corrected chi connectivity index (χ2v) is 13.4. The SMILES string of the molecule is Cc1ccc(COc2ccc(Oc3c(C)cc(C=CC(=O)N4CCN(Cc5ccc(CCOc6ccc([N+](=O)[O-])cc6)cc5)CC4)cc3Cl)nc2)cc1. The Morgan fingerprint density at radius 2 is 1.53 bits per heavy atom. The molecule has 1 amide bonds. The topological polar surface area (TPSA) is 107 Å². The van der Waals surface area contributed by atoms with Crippen LogP contribution in [0, 0.1) is 24.0 Å². The number of nitro groups is 1. The molecule has 1 aliphatic heterocycles. The highest BCUT2D eigenvalue weighted by Crippen LogP contribution is 2.34. The Hall–Kier alpha value is -5.71. The summed E-state index contributed by atoms with van der Waals surface area (Å²) in [6, 6.07) is 30.0. The van der Waals surface area contributed by atoms with Gasteiger partial charge in [0.05, 0.1) is 22.7 Å². The van der Waals surface area contributed by atoms with E-state index in [1.54, 1.807) is 42.6 Å². The van der Waals surface area contributed by atoms with Crippen LogP contribution in [0.1, 0.15) is 33.4 Å². The van der Waals surface area contributed by atoms with Gasteiger partial charge in [-0.05, 0) is 78.1 Å². The van der Waals surface area contributed by atoms with Gasteiger partial charge in [0.25, 0.3) is 5.69 Å². The minimum Gasteiger partial charge on any atom is -0.493 e. The maximum Gasteiger partial charge on any atom is 0.269 e. The fourth-order valence-corrected chi connectivity index (χ4v) is 6.18. The Morgan fingerprint density at radius 3 is 2.19 bits per heavy atom. The number of ether oxygens (including phenoxy) is 3. The summed E-state index contributed by atoms with van der Waals surface area (Å²) < 4.78 is 17.6. The van der Waals surface area contributed by atoms with Crippen LogP contribution in [0.2, 0.25) is 5.02 Å². The molecule has 5 aromatic rings. The molecule has 10 nitrogen and oxygen atoms in total. The van der Waals surface area contributed by atoms with E-state index in [9.17, 15) is 14.9 Å². The molecule has 0 spiro atoms. The molecule has 11 heteroatoms. The summed E-state index contributed by atoms with van der Waals surface area (Å²) in [6.45, 7) is 8.57. The average Bonchev–Trinajstić information content (AvgIpc) is 3.17. The van der Waals surface area contributed by atoms with Gasteiger partial charge >= 0.3 is 0 Å². The smallest absolute Gasteiger partial charge is 0.269 e. The van der Waals surface area contributed by atoms with Gasteiger partial charge in [-0.25, -0.2) is 4.98 Å². The molecule has 4 aromatic carbocycles. The number of piperazine rings is 1. The first-order chi connectivity index (χ1) is 25.7. The summed E-state index contributed by atoms with van der Waals surface area (Å²) >= 11 is 6.62. The van der Waals surface area contributed by atoms with Crippen LogP contribution >= 0.6 is 11.6 Å². The van der Waals surface area contributed by atoms with Gasteiger partial charge in [-0.1, -0.05) is 65.7 Å². The van der Waals surface area contributed by atoms with E-state index < -0.39 is 4.92 Å². The molecule has 2 heterocycles. The van der Waals surface area contributed by atoms with Gasteiger partial charge in [0, 0.05) is 63.4 Å². The lowest BCUT2D eigenvalue weighted by atomic mass is 10.1. The van der Waals surface area contributed by atoms with E-state index in [0.29, 0.717) is 54.5 Å². The fraction of sp³-hybridized carbons (Fsp3) is 0.238. The first-order valence-corrected chi connectivity index (χ1v) is 17.8. The van der Waals surface area contributed by atoms with Crippen molar-refractivity contribution in [2.75, 3.05) is 32.8 Å². The number of halogens is 1. The van der Waals surface area contributed by atoms with Crippen LogP contribution in [0.25, 0.3) is 6.08 Å². The first-order valence-electron chi connectivity index (χ1n) is 17.5. The molecule has 53 heavy (non-hydrogen) atoms. The predicted octanol–water partition coefficient (Wildman–Crippen LogP) is 8.61. The van der Waals surface area contributed by atoms with Crippen molar-refractivity contribution in [3.63, 3.8) is 0 Å². The molecule has 6 rings (SSSR count). The van der Waals surface area contributed by atoms with Crippen molar-refractivity contribution >= 4 is 29.3 Å². The van der Waals surface area contributed by atoms with E-state index in [1.807, 2.05) is 36.1 Å². The number of carbonyl (C=O) groups is 1. The van der Waals surface area contributed by atoms with E-state index in [1.165, 1.54) is 23.3 Å². The number of nitrogens with zero attached hydrogens (tertiary/aromatic N) is 4. The zero-order valence-electron chi connectivity index (χ0n) is 29.7. The van der Waals surface area contributed by atoms with Crippen LogP contribution in [0.15, 0.2) is 109 Å².